The Morgan fingerprint density at radius 1 is 1.17 bits per heavy atom. The van der Waals surface area contributed by atoms with Crippen molar-refractivity contribution in [3.8, 4) is 0 Å². The Kier molecular flexibility index (Phi) is 5.48. The average molecular weight is 428 g/mol. The SMILES string of the molecule is CS(=O)(=O)N1CCC(C(=O)Nc2nc3ccccc3n2Cc2cccc(N)c2)CC1. The molecular weight excluding hydrogens is 402 g/mol. The Labute approximate surface area is 175 Å². The van der Waals surface area contributed by atoms with Gasteiger partial charge in [0.15, 0.2) is 0 Å². The highest BCUT2D eigenvalue weighted by Gasteiger charge is 2.29. The molecule has 1 aromatic heterocycles. The number of nitrogen functional groups attached to an aromatic ring is 1. The zero-order valence-electron chi connectivity index (χ0n) is 16.8. The summed E-state index contributed by atoms with van der Waals surface area (Å²) in [5, 5.41) is 2.97. The van der Waals surface area contributed by atoms with E-state index in [1.807, 2.05) is 53.1 Å². The Morgan fingerprint density at radius 2 is 1.90 bits per heavy atom. The summed E-state index contributed by atoms with van der Waals surface area (Å²) in [6, 6.07) is 15.3. The molecule has 0 spiro atoms. The molecule has 3 N–H and O–H groups in total. The van der Waals surface area contributed by atoms with E-state index in [1.54, 1.807) is 0 Å². The van der Waals surface area contributed by atoms with Gasteiger partial charge in [0, 0.05) is 24.7 Å². The standard InChI is InChI=1S/C21H25N5O3S/c1-30(28,29)25-11-9-16(10-12-25)20(27)24-21-23-18-7-2-3-8-19(18)26(21)14-15-5-4-6-17(22)13-15/h2-8,13,16H,9-12,14,22H2,1H3,(H,23,24,27). The molecule has 30 heavy (non-hydrogen) atoms. The summed E-state index contributed by atoms with van der Waals surface area (Å²) < 4.78 is 26.8. The van der Waals surface area contributed by atoms with Gasteiger partial charge < -0.3 is 10.3 Å². The summed E-state index contributed by atoms with van der Waals surface area (Å²) in [4.78, 5) is 17.5. The van der Waals surface area contributed by atoms with Crippen molar-refractivity contribution >= 4 is 38.6 Å². The number of nitrogens with two attached hydrogens (primary N) is 1. The number of sulfonamides is 1. The van der Waals surface area contributed by atoms with Crippen LogP contribution in [-0.4, -0.2) is 47.5 Å². The van der Waals surface area contributed by atoms with Gasteiger partial charge in [0.25, 0.3) is 0 Å². The predicted molar refractivity (Wildman–Crippen MR) is 117 cm³/mol. The van der Waals surface area contributed by atoms with Gasteiger partial charge in [0.1, 0.15) is 0 Å². The van der Waals surface area contributed by atoms with Crippen LogP contribution in [0, 0.1) is 5.92 Å². The van der Waals surface area contributed by atoms with Crippen molar-refractivity contribution < 1.29 is 13.2 Å². The van der Waals surface area contributed by atoms with Crippen molar-refractivity contribution in [1.82, 2.24) is 13.9 Å². The third-order valence-electron chi connectivity index (χ3n) is 5.48. The zero-order valence-corrected chi connectivity index (χ0v) is 17.6. The third kappa shape index (κ3) is 4.31. The quantitative estimate of drug-likeness (QED) is 0.607. The maximum Gasteiger partial charge on any atom is 0.229 e. The largest absolute Gasteiger partial charge is 0.399 e. The van der Waals surface area contributed by atoms with Crippen molar-refractivity contribution in [3.05, 3.63) is 54.1 Å². The molecule has 1 fully saturated rings. The highest BCUT2D eigenvalue weighted by Crippen LogP contribution is 2.25. The van der Waals surface area contributed by atoms with Crippen LogP contribution in [0.1, 0.15) is 18.4 Å². The summed E-state index contributed by atoms with van der Waals surface area (Å²) in [5.41, 5.74) is 9.32. The van der Waals surface area contributed by atoms with E-state index in [-0.39, 0.29) is 11.8 Å². The number of benzene rings is 2. The van der Waals surface area contributed by atoms with Gasteiger partial charge in [-0.05, 0) is 42.7 Å². The van der Waals surface area contributed by atoms with Crippen LogP contribution in [0.5, 0.6) is 0 Å². The van der Waals surface area contributed by atoms with Gasteiger partial charge in [-0.1, -0.05) is 24.3 Å². The number of anilines is 2. The Balaban J connectivity index is 1.56. The number of hydrogen-bond donors (Lipinski definition) is 2. The summed E-state index contributed by atoms with van der Waals surface area (Å²) in [6.45, 7) is 1.24. The third-order valence-corrected chi connectivity index (χ3v) is 6.78. The molecule has 4 rings (SSSR count). The van der Waals surface area contributed by atoms with Crippen LogP contribution in [0.4, 0.5) is 11.6 Å². The molecule has 0 radical (unpaired) electrons. The second-order valence-electron chi connectivity index (χ2n) is 7.68. The molecule has 1 saturated heterocycles. The number of amides is 1. The van der Waals surface area contributed by atoms with Crippen molar-refractivity contribution in [2.45, 2.75) is 19.4 Å². The molecule has 0 unspecified atom stereocenters. The molecule has 3 aromatic rings. The lowest BCUT2D eigenvalue weighted by Gasteiger charge is -2.29. The molecule has 8 nitrogen and oxygen atoms in total. The van der Waals surface area contributed by atoms with Crippen molar-refractivity contribution in [3.63, 3.8) is 0 Å². The van der Waals surface area contributed by atoms with E-state index in [9.17, 15) is 13.2 Å². The molecule has 2 aromatic carbocycles. The number of piperidine rings is 1. The van der Waals surface area contributed by atoms with Crippen LogP contribution >= 0.6 is 0 Å². The highest BCUT2D eigenvalue weighted by molar-refractivity contribution is 7.88. The average Bonchev–Trinajstić information content (AvgIpc) is 3.04. The van der Waals surface area contributed by atoms with E-state index >= 15 is 0 Å². The number of carbonyl (C=O) groups is 1. The number of fused-ring (bicyclic) bond motifs is 1. The number of rotatable bonds is 5. The Hall–Kier alpha value is -2.91. The van der Waals surface area contributed by atoms with E-state index in [4.69, 9.17) is 5.73 Å². The summed E-state index contributed by atoms with van der Waals surface area (Å²) >= 11 is 0. The molecule has 0 aliphatic carbocycles. The van der Waals surface area contributed by atoms with Gasteiger partial charge in [-0.25, -0.2) is 17.7 Å². The Bertz CT molecular complexity index is 1180. The first kappa shape index (κ1) is 20.4. The number of para-hydroxylation sites is 2. The summed E-state index contributed by atoms with van der Waals surface area (Å²) in [6.07, 6.45) is 2.19. The van der Waals surface area contributed by atoms with Gasteiger partial charge in [-0.2, -0.15) is 0 Å². The van der Waals surface area contributed by atoms with Crippen LogP contribution in [-0.2, 0) is 21.4 Å². The van der Waals surface area contributed by atoms with Crippen molar-refractivity contribution in [1.29, 1.82) is 0 Å². The van der Waals surface area contributed by atoms with Crippen molar-refractivity contribution in [2.24, 2.45) is 5.92 Å². The first-order valence-corrected chi connectivity index (χ1v) is 11.7. The lowest BCUT2D eigenvalue weighted by molar-refractivity contribution is -0.121. The van der Waals surface area contributed by atoms with Gasteiger partial charge >= 0.3 is 0 Å². The molecule has 1 aliphatic heterocycles. The number of hydrogen-bond acceptors (Lipinski definition) is 5. The van der Waals surface area contributed by atoms with Gasteiger partial charge in [0.05, 0.1) is 23.8 Å². The fourth-order valence-corrected chi connectivity index (χ4v) is 4.74. The van der Waals surface area contributed by atoms with E-state index in [1.165, 1.54) is 10.6 Å². The van der Waals surface area contributed by atoms with Crippen LogP contribution in [0.2, 0.25) is 0 Å². The van der Waals surface area contributed by atoms with Gasteiger partial charge in [-0.15, -0.1) is 0 Å². The molecule has 2 heterocycles. The van der Waals surface area contributed by atoms with Crippen molar-refractivity contribution in [2.75, 3.05) is 30.4 Å². The number of imidazole rings is 1. The molecule has 1 aliphatic rings. The fourth-order valence-electron chi connectivity index (χ4n) is 3.87. The predicted octanol–water partition coefficient (Wildman–Crippen LogP) is 2.28. The van der Waals surface area contributed by atoms with E-state index in [0.717, 1.165) is 16.6 Å². The summed E-state index contributed by atoms with van der Waals surface area (Å²) in [5.74, 6) is 0.102. The Morgan fingerprint density at radius 3 is 2.60 bits per heavy atom. The van der Waals surface area contributed by atoms with E-state index in [2.05, 4.69) is 10.3 Å². The monoisotopic (exact) mass is 427 g/mol. The molecule has 158 valence electrons. The molecule has 9 heteroatoms. The number of nitrogens with one attached hydrogen (secondary N) is 1. The van der Waals surface area contributed by atoms with Crippen LogP contribution in [0.25, 0.3) is 11.0 Å². The smallest absolute Gasteiger partial charge is 0.229 e. The van der Waals surface area contributed by atoms with Gasteiger partial charge in [-0.3, -0.25) is 10.1 Å². The molecule has 0 bridgehead atoms. The van der Waals surface area contributed by atoms with E-state index in [0.29, 0.717) is 44.1 Å². The first-order valence-electron chi connectivity index (χ1n) is 9.87. The normalized spacial score (nSPS) is 16.0. The second-order valence-corrected chi connectivity index (χ2v) is 9.66. The number of nitrogens with zero attached hydrogens (tertiary/aromatic N) is 3. The minimum atomic E-state index is -3.22. The topological polar surface area (TPSA) is 110 Å². The maximum absolute atomic E-state index is 12.9. The molecular formula is C21H25N5O3S. The molecule has 1 amide bonds. The van der Waals surface area contributed by atoms with Crippen LogP contribution in [0.15, 0.2) is 48.5 Å². The number of aromatic nitrogens is 2. The lowest BCUT2D eigenvalue weighted by atomic mass is 9.97. The summed E-state index contributed by atoms with van der Waals surface area (Å²) in [7, 11) is -3.22. The second kappa shape index (κ2) is 8.08. The molecule has 0 atom stereocenters. The van der Waals surface area contributed by atoms with Crippen LogP contribution < -0.4 is 11.1 Å². The zero-order chi connectivity index (χ0) is 21.3. The highest BCUT2D eigenvalue weighted by atomic mass is 32.2. The van der Waals surface area contributed by atoms with E-state index < -0.39 is 10.0 Å². The first-order chi connectivity index (χ1) is 14.3. The molecule has 0 saturated carbocycles. The fraction of sp³-hybridized carbons (Fsp3) is 0.333. The maximum atomic E-state index is 12.9. The lowest BCUT2D eigenvalue weighted by Crippen LogP contribution is -2.41. The van der Waals surface area contributed by atoms with Crippen LogP contribution in [0.3, 0.4) is 0 Å². The minimum absolute atomic E-state index is 0.132. The minimum Gasteiger partial charge on any atom is -0.399 e. The number of carbonyl (C=O) groups excluding carboxylic acids is 1. The van der Waals surface area contributed by atoms with Gasteiger partial charge in [0.2, 0.25) is 21.9 Å².